The van der Waals surface area contributed by atoms with Crippen LogP contribution in [0.3, 0.4) is 0 Å². The molecule has 1 aromatic rings. The topological polar surface area (TPSA) is 29.3 Å². The zero-order valence-electron chi connectivity index (χ0n) is 9.94. The summed E-state index contributed by atoms with van der Waals surface area (Å²) in [5, 5.41) is 0. The predicted molar refractivity (Wildman–Crippen MR) is 76.7 cm³/mol. The Bertz CT molecular complexity index is 315. The quantitative estimate of drug-likeness (QED) is 0.867. The van der Waals surface area contributed by atoms with Gasteiger partial charge in [-0.05, 0) is 32.4 Å². The lowest BCUT2D eigenvalue weighted by atomic mass is 10.1. The zero-order valence-corrected chi connectivity index (χ0v) is 12.3. The Balaban J connectivity index is 2.74. The molecule has 0 amide bonds. The summed E-state index contributed by atoms with van der Waals surface area (Å²) >= 11 is 9.45. The van der Waals surface area contributed by atoms with Crippen molar-refractivity contribution in [1.29, 1.82) is 0 Å². The van der Waals surface area contributed by atoms with Gasteiger partial charge in [0.1, 0.15) is 0 Å². The Hall–Kier alpha value is 0.260. The first-order valence-corrected chi connectivity index (χ1v) is 7.85. The molecule has 0 saturated heterocycles. The second-order valence-corrected chi connectivity index (χ2v) is 6.65. The van der Waals surface area contributed by atoms with E-state index in [4.69, 9.17) is 17.3 Å². The summed E-state index contributed by atoms with van der Waals surface area (Å²) in [6, 6.07) is 4.40. The first-order chi connectivity index (χ1) is 7.56. The molecule has 0 saturated carbocycles. The third-order valence-corrected chi connectivity index (χ3v) is 4.40. The van der Waals surface area contributed by atoms with Gasteiger partial charge in [0.25, 0.3) is 0 Å². The minimum absolute atomic E-state index is 0.113. The maximum absolute atomic E-state index is 6.07. The van der Waals surface area contributed by atoms with Crippen molar-refractivity contribution < 1.29 is 0 Å². The van der Waals surface area contributed by atoms with E-state index in [2.05, 4.69) is 24.3 Å². The van der Waals surface area contributed by atoms with Gasteiger partial charge in [0.15, 0.2) is 0 Å². The van der Waals surface area contributed by atoms with Gasteiger partial charge >= 0.3 is 0 Å². The third-order valence-electron chi connectivity index (χ3n) is 2.51. The fourth-order valence-electron chi connectivity index (χ4n) is 1.74. The number of halogens is 1. The summed E-state index contributed by atoms with van der Waals surface area (Å²) in [6.07, 6.45) is 2.12. The average molecular weight is 279 g/mol. The Kier molecular flexibility index (Phi) is 6.15. The van der Waals surface area contributed by atoms with Crippen LogP contribution in [0.2, 0.25) is 4.34 Å². The Morgan fingerprint density at radius 2 is 2.25 bits per heavy atom. The fraction of sp³-hybridized carbons (Fsp3) is 0.636. The Morgan fingerprint density at radius 1 is 1.56 bits per heavy atom. The number of likely N-dealkylation sites (N-methyl/N-ethyl adjacent to an activating group) is 1. The van der Waals surface area contributed by atoms with Gasteiger partial charge in [-0.15, -0.1) is 11.3 Å². The van der Waals surface area contributed by atoms with Gasteiger partial charge < -0.3 is 5.73 Å². The molecular weight excluding hydrogens is 260 g/mol. The van der Waals surface area contributed by atoms with Crippen molar-refractivity contribution in [3.8, 4) is 0 Å². The molecule has 1 rings (SSSR count). The van der Waals surface area contributed by atoms with Gasteiger partial charge in [-0.3, -0.25) is 4.90 Å². The lowest BCUT2D eigenvalue weighted by molar-refractivity contribution is 0.235. The molecule has 0 radical (unpaired) electrons. The fourth-order valence-corrected chi connectivity index (χ4v) is 3.55. The minimum atomic E-state index is 0.113. The van der Waals surface area contributed by atoms with Crippen LogP contribution in [-0.4, -0.2) is 36.5 Å². The van der Waals surface area contributed by atoms with Crippen LogP contribution in [0.4, 0.5) is 0 Å². The molecule has 16 heavy (non-hydrogen) atoms. The Labute approximate surface area is 111 Å². The molecule has 2 unspecified atom stereocenters. The van der Waals surface area contributed by atoms with E-state index < -0.39 is 0 Å². The first-order valence-electron chi connectivity index (χ1n) is 5.26. The third kappa shape index (κ3) is 3.93. The SMILES string of the molecule is CSCCN(C)C(c1ccc(Cl)s1)C(C)N. The zero-order chi connectivity index (χ0) is 12.1. The summed E-state index contributed by atoms with van der Waals surface area (Å²) in [4.78, 5) is 3.56. The van der Waals surface area contributed by atoms with Crippen molar-refractivity contribution >= 4 is 34.7 Å². The van der Waals surface area contributed by atoms with E-state index in [-0.39, 0.29) is 12.1 Å². The molecule has 0 aliphatic carbocycles. The number of nitrogens with zero attached hydrogens (tertiary/aromatic N) is 1. The van der Waals surface area contributed by atoms with E-state index in [1.807, 2.05) is 24.8 Å². The molecule has 0 bridgehead atoms. The number of rotatable bonds is 6. The number of nitrogens with two attached hydrogens (primary N) is 1. The second-order valence-electron chi connectivity index (χ2n) is 3.92. The molecule has 92 valence electrons. The van der Waals surface area contributed by atoms with Crippen LogP contribution in [0.25, 0.3) is 0 Å². The van der Waals surface area contributed by atoms with E-state index >= 15 is 0 Å². The van der Waals surface area contributed by atoms with Crippen LogP contribution in [0.5, 0.6) is 0 Å². The van der Waals surface area contributed by atoms with Crippen molar-refractivity contribution in [2.75, 3.05) is 25.6 Å². The van der Waals surface area contributed by atoms with Crippen LogP contribution in [0.1, 0.15) is 17.8 Å². The smallest absolute Gasteiger partial charge is 0.0931 e. The molecule has 5 heteroatoms. The van der Waals surface area contributed by atoms with Crippen LogP contribution < -0.4 is 5.73 Å². The minimum Gasteiger partial charge on any atom is -0.326 e. The largest absolute Gasteiger partial charge is 0.326 e. The highest BCUT2D eigenvalue weighted by molar-refractivity contribution is 7.98. The standard InChI is InChI=1S/C11H19ClN2S2/c1-8(13)11(14(2)6-7-15-3)9-4-5-10(12)16-9/h4-5,8,11H,6-7,13H2,1-3H3. The maximum Gasteiger partial charge on any atom is 0.0931 e. The summed E-state index contributed by atoms with van der Waals surface area (Å²) in [5.41, 5.74) is 6.07. The maximum atomic E-state index is 6.07. The van der Waals surface area contributed by atoms with Gasteiger partial charge in [0, 0.05) is 23.2 Å². The van der Waals surface area contributed by atoms with Crippen LogP contribution in [-0.2, 0) is 0 Å². The van der Waals surface area contributed by atoms with Crippen molar-refractivity contribution in [3.63, 3.8) is 0 Å². The molecule has 0 spiro atoms. The van der Waals surface area contributed by atoms with Gasteiger partial charge in [0.05, 0.1) is 10.4 Å². The number of thioether (sulfide) groups is 1. The average Bonchev–Trinajstić information content (AvgIpc) is 2.61. The molecule has 0 fully saturated rings. The van der Waals surface area contributed by atoms with Crippen LogP contribution in [0, 0.1) is 0 Å². The number of thiophene rings is 1. The summed E-state index contributed by atoms with van der Waals surface area (Å²) in [7, 11) is 2.12. The van der Waals surface area contributed by atoms with E-state index in [1.165, 1.54) is 4.88 Å². The number of hydrogen-bond donors (Lipinski definition) is 1. The molecule has 2 nitrogen and oxygen atoms in total. The van der Waals surface area contributed by atoms with Crippen LogP contribution in [0.15, 0.2) is 12.1 Å². The van der Waals surface area contributed by atoms with Crippen molar-refractivity contribution in [1.82, 2.24) is 4.90 Å². The summed E-state index contributed by atoms with van der Waals surface area (Å²) in [6.45, 7) is 3.09. The van der Waals surface area contributed by atoms with Gasteiger partial charge in [0.2, 0.25) is 0 Å². The van der Waals surface area contributed by atoms with E-state index in [1.54, 1.807) is 11.3 Å². The summed E-state index contributed by atoms with van der Waals surface area (Å²) < 4.78 is 0.832. The van der Waals surface area contributed by atoms with E-state index in [0.29, 0.717) is 0 Å². The summed E-state index contributed by atoms with van der Waals surface area (Å²) in [5.74, 6) is 1.12. The molecule has 1 aromatic heterocycles. The van der Waals surface area contributed by atoms with Gasteiger partial charge in [-0.25, -0.2) is 0 Å². The monoisotopic (exact) mass is 278 g/mol. The molecule has 2 atom stereocenters. The Morgan fingerprint density at radius 3 is 2.69 bits per heavy atom. The second kappa shape index (κ2) is 6.87. The lowest BCUT2D eigenvalue weighted by Gasteiger charge is -2.30. The van der Waals surface area contributed by atoms with Crippen molar-refractivity contribution in [2.45, 2.75) is 19.0 Å². The molecule has 0 aromatic carbocycles. The molecular formula is C11H19ClN2S2. The van der Waals surface area contributed by atoms with Crippen LogP contribution >= 0.6 is 34.7 Å². The van der Waals surface area contributed by atoms with Crippen molar-refractivity contribution in [3.05, 3.63) is 21.3 Å². The highest BCUT2D eigenvalue weighted by Crippen LogP contribution is 2.31. The molecule has 2 N–H and O–H groups in total. The predicted octanol–water partition coefficient (Wildman–Crippen LogP) is 3.08. The lowest BCUT2D eigenvalue weighted by Crippen LogP contribution is -2.37. The normalized spacial score (nSPS) is 15.4. The molecule has 0 aliphatic heterocycles. The molecule has 0 aliphatic rings. The van der Waals surface area contributed by atoms with Gasteiger partial charge in [-0.1, -0.05) is 11.6 Å². The van der Waals surface area contributed by atoms with E-state index in [0.717, 1.165) is 16.6 Å². The highest BCUT2D eigenvalue weighted by atomic mass is 35.5. The van der Waals surface area contributed by atoms with Crippen molar-refractivity contribution in [2.24, 2.45) is 5.73 Å². The highest BCUT2D eigenvalue weighted by Gasteiger charge is 2.22. The first kappa shape index (κ1) is 14.3. The number of hydrogen-bond acceptors (Lipinski definition) is 4. The van der Waals surface area contributed by atoms with E-state index in [9.17, 15) is 0 Å². The molecule has 1 heterocycles. The van der Waals surface area contributed by atoms with Gasteiger partial charge in [-0.2, -0.15) is 11.8 Å².